The van der Waals surface area contributed by atoms with Gasteiger partial charge in [-0.15, -0.1) is 14.8 Å². The third-order valence-electron chi connectivity index (χ3n) is 5.10. The number of tetrazole rings is 1. The highest BCUT2D eigenvalue weighted by Crippen LogP contribution is 2.22. The minimum Gasteiger partial charge on any atom is -0.394 e. The molecule has 9 heteroatoms. The van der Waals surface area contributed by atoms with Crippen molar-refractivity contribution in [1.29, 1.82) is 0 Å². The van der Waals surface area contributed by atoms with Gasteiger partial charge in [0.25, 0.3) is 0 Å². The number of piperidine rings is 1. The second-order valence-electron chi connectivity index (χ2n) is 6.66. The van der Waals surface area contributed by atoms with Crippen LogP contribution in [-0.2, 0) is 4.79 Å². The van der Waals surface area contributed by atoms with Gasteiger partial charge >= 0.3 is 0 Å². The largest absolute Gasteiger partial charge is 0.394 e. The first-order chi connectivity index (χ1) is 12.1. The van der Waals surface area contributed by atoms with Crippen LogP contribution in [0.25, 0.3) is 5.65 Å². The fourth-order valence-electron chi connectivity index (χ4n) is 3.13. The van der Waals surface area contributed by atoms with Crippen LogP contribution in [0.5, 0.6) is 0 Å². The summed E-state index contributed by atoms with van der Waals surface area (Å²) in [5.74, 6) is 1.10. The van der Waals surface area contributed by atoms with Gasteiger partial charge in [0.2, 0.25) is 5.91 Å². The molecule has 3 heterocycles. The summed E-state index contributed by atoms with van der Waals surface area (Å²) in [6, 6.07) is 3.56. The van der Waals surface area contributed by atoms with Gasteiger partial charge < -0.3 is 15.3 Å². The molecule has 2 aromatic rings. The third-order valence-corrected chi connectivity index (χ3v) is 5.10. The molecule has 136 valence electrons. The predicted molar refractivity (Wildman–Crippen MR) is 92.0 cm³/mol. The molecule has 0 bridgehead atoms. The fourth-order valence-corrected chi connectivity index (χ4v) is 3.13. The Hall–Kier alpha value is -2.29. The van der Waals surface area contributed by atoms with E-state index in [1.807, 2.05) is 19.1 Å². The van der Waals surface area contributed by atoms with Gasteiger partial charge in [-0.3, -0.25) is 4.79 Å². The molecule has 1 saturated heterocycles. The van der Waals surface area contributed by atoms with Crippen LogP contribution in [0.3, 0.4) is 0 Å². The van der Waals surface area contributed by atoms with Crippen LogP contribution < -0.4 is 10.2 Å². The molecule has 1 unspecified atom stereocenters. The summed E-state index contributed by atoms with van der Waals surface area (Å²) in [4.78, 5) is 14.6. The van der Waals surface area contributed by atoms with Gasteiger partial charge in [0.15, 0.2) is 11.5 Å². The Labute approximate surface area is 146 Å². The molecule has 1 fully saturated rings. The molecule has 9 nitrogen and oxygen atoms in total. The average Bonchev–Trinajstić information content (AvgIpc) is 3.13. The summed E-state index contributed by atoms with van der Waals surface area (Å²) in [5.41, 5.74) is 0.609. The Morgan fingerprint density at radius 2 is 2.16 bits per heavy atom. The normalized spacial score (nSPS) is 18.3. The predicted octanol–water partition coefficient (Wildman–Crippen LogP) is 0.259. The van der Waals surface area contributed by atoms with E-state index in [0.29, 0.717) is 5.65 Å². The van der Waals surface area contributed by atoms with Crippen molar-refractivity contribution in [3.05, 3.63) is 12.1 Å². The molecule has 2 N–H and O–H groups in total. The summed E-state index contributed by atoms with van der Waals surface area (Å²) >= 11 is 0. The summed E-state index contributed by atoms with van der Waals surface area (Å²) in [6.45, 7) is 5.60. The first kappa shape index (κ1) is 17.5. The number of aliphatic hydroxyl groups is 1. The van der Waals surface area contributed by atoms with Crippen molar-refractivity contribution < 1.29 is 9.90 Å². The number of amides is 1. The van der Waals surface area contributed by atoms with E-state index in [2.05, 4.69) is 37.8 Å². The zero-order valence-corrected chi connectivity index (χ0v) is 14.7. The Morgan fingerprint density at radius 1 is 1.40 bits per heavy atom. The molecule has 3 rings (SSSR count). The van der Waals surface area contributed by atoms with Crippen LogP contribution in [-0.4, -0.2) is 62.0 Å². The lowest BCUT2D eigenvalue weighted by Gasteiger charge is -2.33. The number of rotatable bonds is 6. The Kier molecular flexibility index (Phi) is 5.42. The lowest BCUT2D eigenvalue weighted by Crippen LogP contribution is -2.47. The summed E-state index contributed by atoms with van der Waals surface area (Å²) < 4.78 is 1.41. The van der Waals surface area contributed by atoms with E-state index in [9.17, 15) is 9.90 Å². The summed E-state index contributed by atoms with van der Waals surface area (Å²) in [5, 5.41) is 28.1. The van der Waals surface area contributed by atoms with E-state index < -0.39 is 0 Å². The van der Waals surface area contributed by atoms with Crippen LogP contribution in [0.4, 0.5) is 5.82 Å². The van der Waals surface area contributed by atoms with Crippen molar-refractivity contribution in [2.24, 2.45) is 11.8 Å². The number of nitrogens with zero attached hydrogens (tertiary/aromatic N) is 6. The Balaban J connectivity index is 1.56. The molecule has 2 atom stereocenters. The maximum absolute atomic E-state index is 12.5. The number of hydrogen-bond acceptors (Lipinski definition) is 7. The maximum atomic E-state index is 12.5. The number of nitrogens with one attached hydrogen (secondary N) is 1. The van der Waals surface area contributed by atoms with E-state index >= 15 is 0 Å². The van der Waals surface area contributed by atoms with Gasteiger partial charge in [-0.1, -0.05) is 20.3 Å². The van der Waals surface area contributed by atoms with Crippen LogP contribution >= 0.6 is 0 Å². The first-order valence-corrected chi connectivity index (χ1v) is 8.84. The zero-order valence-electron chi connectivity index (χ0n) is 14.7. The molecule has 2 aromatic heterocycles. The molecule has 0 saturated carbocycles. The second-order valence-corrected chi connectivity index (χ2v) is 6.66. The smallest absolute Gasteiger partial charge is 0.223 e. The standard InChI is InChI=1S/C16H25N7O2/c1-3-11(2)13(10-24)17-16(25)12-6-8-22(9-7-12)15-5-4-14-18-20-21-23(14)19-15/h4-5,11-13,24H,3,6-10H2,1-2H3,(H,17,25)/t11?,13-/m1/s1. The van der Waals surface area contributed by atoms with Crippen molar-refractivity contribution in [3.63, 3.8) is 0 Å². The molecule has 1 aliphatic heterocycles. The second kappa shape index (κ2) is 7.73. The number of fused-ring (bicyclic) bond motifs is 1. The van der Waals surface area contributed by atoms with Gasteiger partial charge in [0.05, 0.1) is 12.6 Å². The highest BCUT2D eigenvalue weighted by molar-refractivity contribution is 5.79. The number of hydrogen-bond donors (Lipinski definition) is 2. The lowest BCUT2D eigenvalue weighted by molar-refractivity contribution is -0.127. The summed E-state index contributed by atoms with van der Waals surface area (Å²) in [6.07, 6.45) is 2.45. The van der Waals surface area contributed by atoms with E-state index in [-0.39, 0.29) is 30.4 Å². The first-order valence-electron chi connectivity index (χ1n) is 8.84. The number of anilines is 1. The molecule has 0 radical (unpaired) electrons. The van der Waals surface area contributed by atoms with Crippen LogP contribution in [0.2, 0.25) is 0 Å². The third kappa shape index (κ3) is 3.87. The van der Waals surface area contributed by atoms with E-state index in [1.165, 1.54) is 4.63 Å². The van der Waals surface area contributed by atoms with Gasteiger partial charge in [-0.05, 0) is 41.3 Å². The van der Waals surface area contributed by atoms with Crippen molar-refractivity contribution in [2.75, 3.05) is 24.6 Å². The van der Waals surface area contributed by atoms with E-state index in [4.69, 9.17) is 0 Å². The van der Waals surface area contributed by atoms with Gasteiger partial charge in [-0.25, -0.2) is 0 Å². The lowest BCUT2D eigenvalue weighted by atomic mass is 9.94. The Morgan fingerprint density at radius 3 is 2.84 bits per heavy atom. The van der Waals surface area contributed by atoms with Crippen LogP contribution in [0.15, 0.2) is 12.1 Å². The number of carbonyl (C=O) groups excluding carboxylic acids is 1. The monoisotopic (exact) mass is 347 g/mol. The molecule has 0 aromatic carbocycles. The van der Waals surface area contributed by atoms with Crippen molar-refractivity contribution in [1.82, 2.24) is 30.6 Å². The molecule has 1 aliphatic rings. The molecule has 0 aliphatic carbocycles. The summed E-state index contributed by atoms with van der Waals surface area (Å²) in [7, 11) is 0. The van der Waals surface area contributed by atoms with Crippen LogP contribution in [0.1, 0.15) is 33.1 Å². The molecule has 1 amide bonds. The fraction of sp³-hybridized carbons (Fsp3) is 0.688. The van der Waals surface area contributed by atoms with Crippen LogP contribution in [0, 0.1) is 11.8 Å². The Bertz CT molecular complexity index is 711. The van der Waals surface area contributed by atoms with Crippen molar-refractivity contribution in [3.8, 4) is 0 Å². The highest BCUT2D eigenvalue weighted by Gasteiger charge is 2.28. The van der Waals surface area contributed by atoms with E-state index in [1.54, 1.807) is 0 Å². The molecular formula is C16H25N7O2. The molecular weight excluding hydrogens is 322 g/mol. The number of carbonyl (C=O) groups is 1. The van der Waals surface area contributed by atoms with Crippen molar-refractivity contribution >= 4 is 17.4 Å². The average molecular weight is 347 g/mol. The minimum absolute atomic E-state index is 0.0184. The number of aliphatic hydroxyl groups excluding tert-OH is 1. The molecule has 25 heavy (non-hydrogen) atoms. The quantitative estimate of drug-likeness (QED) is 0.771. The zero-order chi connectivity index (χ0) is 17.8. The molecule has 0 spiro atoms. The van der Waals surface area contributed by atoms with Gasteiger partial charge in [0, 0.05) is 19.0 Å². The minimum atomic E-state index is -0.167. The highest BCUT2D eigenvalue weighted by atomic mass is 16.3. The SMILES string of the molecule is CCC(C)[C@@H](CO)NC(=O)C1CCN(c2ccc3nnnn3n2)CC1. The maximum Gasteiger partial charge on any atom is 0.223 e. The van der Waals surface area contributed by atoms with Gasteiger partial charge in [0.1, 0.15) is 0 Å². The topological polar surface area (TPSA) is 109 Å². The van der Waals surface area contributed by atoms with Crippen molar-refractivity contribution in [2.45, 2.75) is 39.2 Å². The van der Waals surface area contributed by atoms with E-state index in [0.717, 1.165) is 38.2 Å². The number of aromatic nitrogens is 5. The van der Waals surface area contributed by atoms with Gasteiger partial charge in [-0.2, -0.15) is 0 Å².